The van der Waals surface area contributed by atoms with Gasteiger partial charge < -0.3 is 5.73 Å². The monoisotopic (exact) mass is 270 g/mol. The molecule has 0 radical (unpaired) electrons. The molecule has 1 aliphatic carbocycles. The molecule has 0 bridgehead atoms. The van der Waals surface area contributed by atoms with Crippen LogP contribution < -0.4 is 5.73 Å². The van der Waals surface area contributed by atoms with Crippen molar-refractivity contribution in [2.75, 3.05) is 25.4 Å². The first kappa shape index (κ1) is 14.7. The van der Waals surface area contributed by atoms with E-state index in [4.69, 9.17) is 5.73 Å². The van der Waals surface area contributed by atoms with Crippen molar-refractivity contribution in [2.45, 2.75) is 57.7 Å². The highest BCUT2D eigenvalue weighted by atomic mass is 32.2. The summed E-state index contributed by atoms with van der Waals surface area (Å²) in [7, 11) is 0. The fourth-order valence-corrected chi connectivity index (χ4v) is 5.47. The number of nitrogens with zero attached hydrogens (tertiary/aromatic N) is 1. The maximum absolute atomic E-state index is 6.25. The van der Waals surface area contributed by atoms with Gasteiger partial charge in [0.1, 0.15) is 0 Å². The van der Waals surface area contributed by atoms with Gasteiger partial charge in [0, 0.05) is 36.2 Å². The Balaban J connectivity index is 2.17. The molecule has 0 aromatic rings. The lowest BCUT2D eigenvalue weighted by Gasteiger charge is -2.48. The van der Waals surface area contributed by atoms with Crippen molar-refractivity contribution < 1.29 is 0 Å². The smallest absolute Gasteiger partial charge is 0.0363 e. The summed E-state index contributed by atoms with van der Waals surface area (Å²) < 4.78 is 0. The van der Waals surface area contributed by atoms with Crippen molar-refractivity contribution in [2.24, 2.45) is 17.1 Å². The number of nitrogens with two attached hydrogens (primary N) is 1. The van der Waals surface area contributed by atoms with E-state index in [1.807, 2.05) is 0 Å². The van der Waals surface area contributed by atoms with Crippen LogP contribution in [0.5, 0.6) is 0 Å². The van der Waals surface area contributed by atoms with Crippen LogP contribution in [0, 0.1) is 11.3 Å². The Morgan fingerprint density at radius 3 is 2.61 bits per heavy atom. The summed E-state index contributed by atoms with van der Waals surface area (Å²) >= 11 is 2.15. The lowest BCUT2D eigenvalue weighted by atomic mass is 9.84. The molecule has 2 aliphatic rings. The van der Waals surface area contributed by atoms with Crippen LogP contribution in [0.15, 0.2) is 0 Å². The summed E-state index contributed by atoms with van der Waals surface area (Å²) in [6.45, 7) is 12.9. The molecule has 1 heterocycles. The summed E-state index contributed by atoms with van der Waals surface area (Å²) in [5.41, 5.74) is 6.99. The maximum Gasteiger partial charge on any atom is 0.0363 e. The molecule has 1 saturated heterocycles. The van der Waals surface area contributed by atoms with Crippen molar-refractivity contribution in [3.8, 4) is 0 Å². The second-order valence-electron chi connectivity index (χ2n) is 7.10. The maximum atomic E-state index is 6.25. The number of hydrogen-bond acceptors (Lipinski definition) is 3. The van der Waals surface area contributed by atoms with Gasteiger partial charge in [0.15, 0.2) is 0 Å². The van der Waals surface area contributed by atoms with Gasteiger partial charge in [0.2, 0.25) is 0 Å². The minimum absolute atomic E-state index is 0.276. The standard InChI is InChI=1S/C15H30N2S/c1-5-13-9-17(6-7-18-13)15(11-16)10-14(3,4)8-12(15)2/h12-13H,5-11,16H2,1-4H3. The van der Waals surface area contributed by atoms with Gasteiger partial charge in [-0.3, -0.25) is 4.90 Å². The summed E-state index contributed by atoms with van der Waals surface area (Å²) in [5.74, 6) is 2.02. The Morgan fingerprint density at radius 1 is 1.39 bits per heavy atom. The van der Waals surface area contributed by atoms with Crippen LogP contribution in [0.3, 0.4) is 0 Å². The van der Waals surface area contributed by atoms with Gasteiger partial charge in [0.05, 0.1) is 0 Å². The van der Waals surface area contributed by atoms with Crippen molar-refractivity contribution in [3.63, 3.8) is 0 Å². The molecule has 106 valence electrons. The summed E-state index contributed by atoms with van der Waals surface area (Å²) in [6.07, 6.45) is 3.89. The third kappa shape index (κ3) is 2.59. The Bertz CT molecular complexity index is 292. The van der Waals surface area contributed by atoms with Gasteiger partial charge in [-0.15, -0.1) is 0 Å². The highest BCUT2D eigenvalue weighted by molar-refractivity contribution is 8.00. The van der Waals surface area contributed by atoms with Crippen LogP contribution in [0.25, 0.3) is 0 Å². The first-order chi connectivity index (χ1) is 8.43. The van der Waals surface area contributed by atoms with E-state index in [0.717, 1.165) is 17.7 Å². The lowest BCUT2D eigenvalue weighted by Crippen LogP contribution is -2.59. The van der Waals surface area contributed by atoms with E-state index in [0.29, 0.717) is 5.41 Å². The molecule has 2 fully saturated rings. The summed E-state index contributed by atoms with van der Waals surface area (Å²) in [4.78, 5) is 2.75. The van der Waals surface area contributed by atoms with E-state index < -0.39 is 0 Å². The number of rotatable bonds is 3. The second-order valence-corrected chi connectivity index (χ2v) is 8.51. The Labute approximate surface area is 117 Å². The van der Waals surface area contributed by atoms with E-state index >= 15 is 0 Å². The normalized spacial score (nSPS) is 41.2. The van der Waals surface area contributed by atoms with Crippen molar-refractivity contribution in [1.82, 2.24) is 4.90 Å². The van der Waals surface area contributed by atoms with Crippen LogP contribution in [0.4, 0.5) is 0 Å². The summed E-state index contributed by atoms with van der Waals surface area (Å²) in [5, 5.41) is 0.818. The zero-order valence-electron chi connectivity index (χ0n) is 12.5. The molecular formula is C15H30N2S. The Kier molecular flexibility index (Phi) is 4.35. The molecule has 18 heavy (non-hydrogen) atoms. The largest absolute Gasteiger partial charge is 0.329 e. The molecule has 2 nitrogen and oxygen atoms in total. The van der Waals surface area contributed by atoms with Crippen molar-refractivity contribution in [1.29, 1.82) is 0 Å². The van der Waals surface area contributed by atoms with Crippen LogP contribution in [-0.2, 0) is 0 Å². The van der Waals surface area contributed by atoms with Crippen LogP contribution in [0.2, 0.25) is 0 Å². The zero-order valence-corrected chi connectivity index (χ0v) is 13.4. The fraction of sp³-hybridized carbons (Fsp3) is 1.00. The van der Waals surface area contributed by atoms with E-state index in [2.05, 4.69) is 44.4 Å². The lowest BCUT2D eigenvalue weighted by molar-refractivity contribution is 0.0618. The second kappa shape index (κ2) is 5.34. The van der Waals surface area contributed by atoms with Crippen molar-refractivity contribution >= 4 is 11.8 Å². The molecule has 0 amide bonds. The average molecular weight is 270 g/mol. The third-order valence-electron chi connectivity index (χ3n) is 5.14. The Hall–Kier alpha value is 0.270. The van der Waals surface area contributed by atoms with Crippen LogP contribution in [-0.4, -0.2) is 41.1 Å². The zero-order chi connectivity index (χ0) is 13.4. The number of hydrogen-bond donors (Lipinski definition) is 1. The van der Waals surface area contributed by atoms with Gasteiger partial charge in [-0.2, -0.15) is 11.8 Å². The van der Waals surface area contributed by atoms with Gasteiger partial charge in [-0.1, -0.05) is 27.7 Å². The molecule has 1 saturated carbocycles. The molecule has 0 aromatic carbocycles. The van der Waals surface area contributed by atoms with Gasteiger partial charge in [0.25, 0.3) is 0 Å². The predicted octanol–water partition coefficient (Wildman–Crippen LogP) is 2.97. The van der Waals surface area contributed by atoms with Crippen molar-refractivity contribution in [3.05, 3.63) is 0 Å². The van der Waals surface area contributed by atoms with Crippen LogP contribution in [0.1, 0.15) is 47.0 Å². The van der Waals surface area contributed by atoms with Crippen LogP contribution >= 0.6 is 11.8 Å². The van der Waals surface area contributed by atoms with Gasteiger partial charge >= 0.3 is 0 Å². The van der Waals surface area contributed by atoms with E-state index in [9.17, 15) is 0 Å². The highest BCUT2D eigenvalue weighted by Crippen LogP contribution is 2.50. The quantitative estimate of drug-likeness (QED) is 0.855. The molecule has 2 rings (SSSR count). The first-order valence-electron chi connectivity index (χ1n) is 7.50. The SMILES string of the molecule is CCC1CN(C2(CN)CC(C)(C)CC2C)CCS1. The molecular weight excluding hydrogens is 240 g/mol. The molecule has 0 aromatic heterocycles. The topological polar surface area (TPSA) is 29.3 Å². The molecule has 3 heteroatoms. The average Bonchev–Trinajstić information content (AvgIpc) is 2.59. The molecule has 1 aliphatic heterocycles. The Morgan fingerprint density at radius 2 is 2.11 bits per heavy atom. The fourth-order valence-electron chi connectivity index (χ4n) is 4.29. The van der Waals surface area contributed by atoms with E-state index in [1.54, 1.807) is 0 Å². The molecule has 3 atom stereocenters. The van der Waals surface area contributed by atoms with Gasteiger partial charge in [-0.05, 0) is 30.6 Å². The van der Waals surface area contributed by atoms with Gasteiger partial charge in [-0.25, -0.2) is 0 Å². The molecule has 2 N–H and O–H groups in total. The molecule has 3 unspecified atom stereocenters. The molecule has 0 spiro atoms. The minimum Gasteiger partial charge on any atom is -0.329 e. The number of thioether (sulfide) groups is 1. The summed E-state index contributed by atoms with van der Waals surface area (Å²) in [6, 6.07) is 0. The minimum atomic E-state index is 0.276. The predicted molar refractivity (Wildman–Crippen MR) is 82.1 cm³/mol. The van der Waals surface area contributed by atoms with E-state index in [1.165, 1.54) is 38.1 Å². The third-order valence-corrected chi connectivity index (χ3v) is 6.51. The highest BCUT2D eigenvalue weighted by Gasteiger charge is 2.51. The van der Waals surface area contributed by atoms with E-state index in [-0.39, 0.29) is 5.54 Å². The first-order valence-corrected chi connectivity index (χ1v) is 8.55.